The highest BCUT2D eigenvalue weighted by atomic mass is 32.2. The van der Waals surface area contributed by atoms with Crippen LogP contribution in [0.15, 0.2) is 33.8 Å². The third-order valence-corrected chi connectivity index (χ3v) is 8.00. The summed E-state index contributed by atoms with van der Waals surface area (Å²) in [6.07, 6.45) is 0. The number of benzene rings is 1. The number of carboxylic acid groups (broad SMARTS) is 1. The van der Waals surface area contributed by atoms with Gasteiger partial charge in [-0.1, -0.05) is 29.2 Å². The van der Waals surface area contributed by atoms with E-state index in [0.29, 0.717) is 21.4 Å². The van der Waals surface area contributed by atoms with Gasteiger partial charge in [-0.05, 0) is 24.6 Å². The van der Waals surface area contributed by atoms with E-state index in [0.717, 1.165) is 28.1 Å². The van der Waals surface area contributed by atoms with Crippen molar-refractivity contribution in [2.75, 3.05) is 11.5 Å². The minimum atomic E-state index is -1.26. The first-order chi connectivity index (χ1) is 14.8. The second-order valence-corrected chi connectivity index (χ2v) is 10.1. The molecule has 1 saturated heterocycles. The Morgan fingerprint density at radius 3 is 2.65 bits per heavy atom. The number of rotatable bonds is 6. The average Bonchev–Trinajstić information content (AvgIpc) is 3.14. The van der Waals surface area contributed by atoms with E-state index < -0.39 is 46.4 Å². The van der Waals surface area contributed by atoms with Crippen LogP contribution in [0.3, 0.4) is 0 Å². The number of halogens is 2. The van der Waals surface area contributed by atoms with E-state index >= 15 is 0 Å². The van der Waals surface area contributed by atoms with E-state index in [1.54, 1.807) is 0 Å². The van der Waals surface area contributed by atoms with Crippen LogP contribution in [0.1, 0.15) is 15.4 Å². The predicted octanol–water partition coefficient (Wildman–Crippen LogP) is 2.27. The van der Waals surface area contributed by atoms with Crippen molar-refractivity contribution in [2.45, 2.75) is 22.7 Å². The van der Waals surface area contributed by atoms with Gasteiger partial charge in [-0.2, -0.15) is 0 Å². The first-order valence-corrected chi connectivity index (χ1v) is 11.7. The van der Waals surface area contributed by atoms with Crippen LogP contribution in [0, 0.1) is 18.6 Å². The minimum absolute atomic E-state index is 0.134. The molecule has 0 saturated carbocycles. The maximum atomic E-state index is 13.9. The molecular weight excluding hydrogens is 470 g/mol. The summed E-state index contributed by atoms with van der Waals surface area (Å²) in [5, 5.41) is 20.0. The summed E-state index contributed by atoms with van der Waals surface area (Å²) in [5.74, 6) is -4.42. The van der Waals surface area contributed by atoms with Gasteiger partial charge >= 0.3 is 5.97 Å². The molecule has 2 N–H and O–H groups in total. The molecule has 3 heterocycles. The Hall–Kier alpha value is -2.51. The Bertz CT molecular complexity index is 1100. The third kappa shape index (κ3) is 4.04. The molecule has 1 aromatic heterocycles. The lowest BCUT2D eigenvalue weighted by molar-refractivity contribution is -0.148. The van der Waals surface area contributed by atoms with Crippen LogP contribution in [-0.2, 0) is 9.59 Å². The molecular formula is C18H14F2N4O4S3. The summed E-state index contributed by atoms with van der Waals surface area (Å²) in [4.78, 5) is 38.0. The molecule has 1 fully saturated rings. The van der Waals surface area contributed by atoms with Crippen LogP contribution in [0.25, 0.3) is 0 Å². The largest absolute Gasteiger partial charge is 0.477 e. The molecule has 4 rings (SSSR count). The summed E-state index contributed by atoms with van der Waals surface area (Å²) in [6.45, 7) is 1.81. The van der Waals surface area contributed by atoms with Gasteiger partial charge in [0.05, 0.1) is 0 Å². The number of aliphatic carboxylic acids is 1. The number of amides is 2. The Morgan fingerprint density at radius 2 is 2.03 bits per heavy atom. The molecule has 0 spiro atoms. The molecule has 2 amide bonds. The van der Waals surface area contributed by atoms with E-state index in [9.17, 15) is 28.3 Å². The van der Waals surface area contributed by atoms with E-state index in [1.165, 1.54) is 34.9 Å². The molecule has 8 nitrogen and oxygen atoms in total. The van der Waals surface area contributed by atoms with Crippen LogP contribution in [0.5, 0.6) is 0 Å². The number of β-lactam (4-membered cyclic amide) rings is 1. The van der Waals surface area contributed by atoms with Crippen molar-refractivity contribution in [3.63, 3.8) is 0 Å². The van der Waals surface area contributed by atoms with Crippen molar-refractivity contribution < 1.29 is 28.3 Å². The molecule has 2 aliphatic rings. The Morgan fingerprint density at radius 1 is 1.32 bits per heavy atom. The Kier molecular flexibility index (Phi) is 5.99. The lowest BCUT2D eigenvalue weighted by atomic mass is 10.0. The molecule has 1 aromatic carbocycles. The number of hydrogen-bond donors (Lipinski definition) is 2. The van der Waals surface area contributed by atoms with E-state index in [4.69, 9.17) is 0 Å². The summed E-state index contributed by atoms with van der Waals surface area (Å²) < 4.78 is 28.4. The lowest BCUT2D eigenvalue weighted by Crippen LogP contribution is -2.70. The zero-order valence-corrected chi connectivity index (χ0v) is 18.2. The average molecular weight is 485 g/mol. The molecule has 0 unspecified atom stereocenters. The molecule has 2 aliphatic heterocycles. The number of carbonyl (C=O) groups excluding carboxylic acids is 2. The van der Waals surface area contributed by atoms with Gasteiger partial charge < -0.3 is 10.4 Å². The van der Waals surface area contributed by atoms with E-state index in [-0.39, 0.29) is 5.70 Å². The van der Waals surface area contributed by atoms with Gasteiger partial charge in [-0.15, -0.1) is 22.0 Å². The van der Waals surface area contributed by atoms with E-state index in [2.05, 4.69) is 15.5 Å². The molecule has 0 aliphatic carbocycles. The zero-order valence-electron chi connectivity index (χ0n) is 15.8. The minimum Gasteiger partial charge on any atom is -0.477 e. The quantitative estimate of drug-likeness (QED) is 0.474. The Labute approximate surface area is 187 Å². The number of carboxylic acids is 1. The fourth-order valence-electron chi connectivity index (χ4n) is 3.21. The zero-order chi connectivity index (χ0) is 22.3. The number of aromatic nitrogens is 2. The molecule has 13 heteroatoms. The molecule has 162 valence electrons. The van der Waals surface area contributed by atoms with Gasteiger partial charge in [0.15, 0.2) is 4.34 Å². The number of hydrogen-bond acceptors (Lipinski definition) is 8. The van der Waals surface area contributed by atoms with Crippen LogP contribution < -0.4 is 5.32 Å². The first-order valence-electron chi connectivity index (χ1n) is 8.85. The topological polar surface area (TPSA) is 112 Å². The number of nitrogens with zero attached hydrogens (tertiary/aromatic N) is 3. The van der Waals surface area contributed by atoms with Gasteiger partial charge in [0.2, 0.25) is 0 Å². The standard InChI is InChI=1S/C18H14F2N4O4S3/c1-7-22-23-18(31-7)30-6-8-5-29-16-12(15(26)24(16)13(8)17(27)28)21-14(25)11-9(19)3-2-4-10(11)20/h2-4,12,16H,5-6H2,1H3,(H,21,25)(H,27,28)/t12-,16+/m0/s1. The fourth-order valence-corrected chi connectivity index (χ4v) is 6.51. The normalized spacial score (nSPS) is 20.4. The monoisotopic (exact) mass is 484 g/mol. The second-order valence-electron chi connectivity index (χ2n) is 6.59. The number of thioether (sulfide) groups is 2. The van der Waals surface area contributed by atoms with Gasteiger partial charge in [-0.25, -0.2) is 13.6 Å². The number of aryl methyl sites for hydroxylation is 1. The lowest BCUT2D eigenvalue weighted by Gasteiger charge is -2.49. The van der Waals surface area contributed by atoms with Crippen LogP contribution in [0.4, 0.5) is 8.78 Å². The summed E-state index contributed by atoms with van der Waals surface area (Å²) >= 11 is 3.99. The van der Waals surface area contributed by atoms with Crippen molar-refractivity contribution in [1.82, 2.24) is 20.4 Å². The second kappa shape index (κ2) is 8.55. The Balaban J connectivity index is 1.50. The van der Waals surface area contributed by atoms with Crippen molar-refractivity contribution in [3.8, 4) is 0 Å². The summed E-state index contributed by atoms with van der Waals surface area (Å²) in [5.41, 5.74) is -0.372. The SMILES string of the molecule is Cc1nnc(SCC2=C(C(=O)O)N3C(=O)[C@H](NC(=O)c4c(F)cccc4F)[C@H]3SC2)s1. The number of fused-ring (bicyclic) bond motifs is 1. The summed E-state index contributed by atoms with van der Waals surface area (Å²) in [6, 6.07) is 1.93. The van der Waals surface area contributed by atoms with Crippen molar-refractivity contribution in [1.29, 1.82) is 0 Å². The van der Waals surface area contributed by atoms with Crippen molar-refractivity contribution >= 4 is 52.6 Å². The molecule has 0 radical (unpaired) electrons. The van der Waals surface area contributed by atoms with Crippen molar-refractivity contribution in [2.24, 2.45) is 0 Å². The van der Waals surface area contributed by atoms with Crippen LogP contribution >= 0.6 is 34.9 Å². The first kappa shape index (κ1) is 21.7. The maximum Gasteiger partial charge on any atom is 0.352 e. The highest BCUT2D eigenvalue weighted by Crippen LogP contribution is 2.41. The van der Waals surface area contributed by atoms with Crippen LogP contribution in [-0.4, -0.2) is 60.9 Å². The number of nitrogens with one attached hydrogen (secondary N) is 1. The van der Waals surface area contributed by atoms with Gasteiger partial charge in [-0.3, -0.25) is 14.5 Å². The van der Waals surface area contributed by atoms with Gasteiger partial charge in [0.1, 0.15) is 39.3 Å². The van der Waals surface area contributed by atoms with Gasteiger partial charge in [0, 0.05) is 11.5 Å². The molecule has 2 aromatic rings. The fraction of sp³-hybridized carbons (Fsp3) is 0.278. The maximum absolute atomic E-state index is 13.9. The van der Waals surface area contributed by atoms with Gasteiger partial charge in [0.25, 0.3) is 11.8 Å². The van der Waals surface area contributed by atoms with Crippen molar-refractivity contribution in [3.05, 3.63) is 51.7 Å². The number of carbonyl (C=O) groups is 3. The molecule has 2 atom stereocenters. The van der Waals surface area contributed by atoms with E-state index in [1.807, 2.05) is 6.92 Å². The highest BCUT2D eigenvalue weighted by Gasteiger charge is 2.54. The highest BCUT2D eigenvalue weighted by molar-refractivity contribution is 8.01. The predicted molar refractivity (Wildman–Crippen MR) is 111 cm³/mol. The smallest absolute Gasteiger partial charge is 0.352 e. The molecule has 31 heavy (non-hydrogen) atoms. The molecule has 0 bridgehead atoms. The van der Waals surface area contributed by atoms with Crippen LogP contribution in [0.2, 0.25) is 0 Å². The third-order valence-electron chi connectivity index (χ3n) is 4.60. The summed E-state index contributed by atoms with van der Waals surface area (Å²) in [7, 11) is 0.